The minimum absolute atomic E-state index is 0.0867. The van der Waals surface area contributed by atoms with Gasteiger partial charge in [0.2, 0.25) is 5.91 Å². The SMILES string of the molecule is Cc1nc(/C=C\C(=O)N(Cc2ccccc2F)C2CC2)cs1. The van der Waals surface area contributed by atoms with Crippen LogP contribution in [-0.2, 0) is 11.3 Å². The zero-order valence-corrected chi connectivity index (χ0v) is 13.1. The fraction of sp³-hybridized carbons (Fsp3) is 0.294. The van der Waals surface area contributed by atoms with Gasteiger partial charge in [-0.05, 0) is 31.9 Å². The average molecular weight is 316 g/mol. The van der Waals surface area contributed by atoms with Crippen molar-refractivity contribution in [2.24, 2.45) is 0 Å². The molecule has 1 aromatic carbocycles. The molecule has 1 saturated carbocycles. The van der Waals surface area contributed by atoms with Crippen LogP contribution in [0.5, 0.6) is 0 Å². The van der Waals surface area contributed by atoms with E-state index >= 15 is 0 Å². The first-order valence-electron chi connectivity index (χ1n) is 7.27. The predicted molar refractivity (Wildman–Crippen MR) is 85.9 cm³/mol. The van der Waals surface area contributed by atoms with E-state index in [1.54, 1.807) is 40.5 Å². The van der Waals surface area contributed by atoms with E-state index in [9.17, 15) is 9.18 Å². The van der Waals surface area contributed by atoms with Gasteiger partial charge in [0.05, 0.1) is 10.7 Å². The zero-order valence-electron chi connectivity index (χ0n) is 12.3. The second-order valence-electron chi connectivity index (χ2n) is 5.41. The topological polar surface area (TPSA) is 33.2 Å². The highest BCUT2D eigenvalue weighted by molar-refractivity contribution is 7.09. The number of aryl methyl sites for hydroxylation is 1. The first-order valence-corrected chi connectivity index (χ1v) is 8.15. The van der Waals surface area contributed by atoms with Crippen LogP contribution in [0.1, 0.15) is 29.1 Å². The summed E-state index contributed by atoms with van der Waals surface area (Å²) < 4.78 is 13.8. The number of hydrogen-bond donors (Lipinski definition) is 0. The molecule has 22 heavy (non-hydrogen) atoms. The first-order chi connectivity index (χ1) is 10.6. The molecule has 114 valence electrons. The Morgan fingerprint density at radius 2 is 2.23 bits per heavy atom. The minimum atomic E-state index is -0.264. The fourth-order valence-electron chi connectivity index (χ4n) is 2.29. The van der Waals surface area contributed by atoms with Gasteiger partial charge in [0.15, 0.2) is 0 Å². The molecule has 0 unspecified atom stereocenters. The minimum Gasteiger partial charge on any atom is -0.332 e. The number of hydrogen-bond acceptors (Lipinski definition) is 3. The third-order valence-electron chi connectivity index (χ3n) is 3.60. The van der Waals surface area contributed by atoms with Gasteiger partial charge in [-0.2, -0.15) is 0 Å². The third kappa shape index (κ3) is 3.60. The Kier molecular flexibility index (Phi) is 4.34. The lowest BCUT2D eigenvalue weighted by atomic mass is 10.2. The van der Waals surface area contributed by atoms with Gasteiger partial charge in [-0.3, -0.25) is 4.79 Å². The van der Waals surface area contributed by atoms with Crippen LogP contribution in [0, 0.1) is 12.7 Å². The highest BCUT2D eigenvalue weighted by Gasteiger charge is 2.31. The summed E-state index contributed by atoms with van der Waals surface area (Å²) in [5.41, 5.74) is 1.35. The van der Waals surface area contributed by atoms with Gasteiger partial charge < -0.3 is 4.90 Å². The van der Waals surface area contributed by atoms with E-state index in [1.165, 1.54) is 12.1 Å². The normalized spacial score (nSPS) is 14.5. The number of thiazole rings is 1. The maximum absolute atomic E-state index is 13.8. The van der Waals surface area contributed by atoms with E-state index in [0.29, 0.717) is 12.1 Å². The van der Waals surface area contributed by atoms with Gasteiger partial charge in [0, 0.05) is 29.6 Å². The van der Waals surface area contributed by atoms with Crippen LogP contribution in [0.2, 0.25) is 0 Å². The quantitative estimate of drug-likeness (QED) is 0.786. The number of benzene rings is 1. The number of nitrogens with zero attached hydrogens (tertiary/aromatic N) is 2. The maximum atomic E-state index is 13.8. The zero-order chi connectivity index (χ0) is 15.5. The molecule has 0 aliphatic heterocycles. The Bertz CT molecular complexity index is 706. The summed E-state index contributed by atoms with van der Waals surface area (Å²) in [7, 11) is 0. The molecular weight excluding hydrogens is 299 g/mol. The Labute approximate surface area is 133 Å². The predicted octanol–water partition coefficient (Wildman–Crippen LogP) is 3.80. The van der Waals surface area contributed by atoms with Crippen LogP contribution >= 0.6 is 11.3 Å². The molecule has 1 amide bonds. The van der Waals surface area contributed by atoms with Gasteiger partial charge in [-0.1, -0.05) is 18.2 Å². The lowest BCUT2D eigenvalue weighted by molar-refractivity contribution is -0.127. The number of rotatable bonds is 5. The van der Waals surface area contributed by atoms with E-state index in [1.807, 2.05) is 12.3 Å². The van der Waals surface area contributed by atoms with Crippen molar-refractivity contribution in [1.29, 1.82) is 0 Å². The van der Waals surface area contributed by atoms with Crippen LogP contribution < -0.4 is 0 Å². The Morgan fingerprint density at radius 3 is 2.86 bits per heavy atom. The Hall–Kier alpha value is -2.01. The smallest absolute Gasteiger partial charge is 0.247 e. The second kappa shape index (κ2) is 6.40. The van der Waals surface area contributed by atoms with Gasteiger partial charge >= 0.3 is 0 Å². The molecule has 0 saturated heterocycles. The molecule has 2 aromatic rings. The summed E-state index contributed by atoms with van der Waals surface area (Å²) in [6.45, 7) is 2.25. The summed E-state index contributed by atoms with van der Waals surface area (Å²) in [5, 5.41) is 2.88. The molecular formula is C17H17FN2OS. The monoisotopic (exact) mass is 316 g/mol. The summed E-state index contributed by atoms with van der Waals surface area (Å²) >= 11 is 1.55. The van der Waals surface area contributed by atoms with Crippen LogP contribution in [-0.4, -0.2) is 21.8 Å². The van der Waals surface area contributed by atoms with Crippen LogP contribution in [0.25, 0.3) is 6.08 Å². The number of carbonyl (C=O) groups is 1. The molecule has 1 aliphatic rings. The number of carbonyl (C=O) groups excluding carboxylic acids is 1. The van der Waals surface area contributed by atoms with E-state index in [4.69, 9.17) is 0 Å². The number of aromatic nitrogens is 1. The van der Waals surface area contributed by atoms with Crippen molar-refractivity contribution in [2.45, 2.75) is 32.4 Å². The molecule has 1 aromatic heterocycles. The van der Waals surface area contributed by atoms with Gasteiger partial charge in [0.1, 0.15) is 5.82 Å². The van der Waals surface area contributed by atoms with Crippen molar-refractivity contribution in [3.63, 3.8) is 0 Å². The molecule has 0 spiro atoms. The lowest BCUT2D eigenvalue weighted by Crippen LogP contribution is -2.31. The molecule has 3 rings (SSSR count). The number of halogens is 1. The highest BCUT2D eigenvalue weighted by atomic mass is 32.1. The van der Waals surface area contributed by atoms with E-state index < -0.39 is 0 Å². The van der Waals surface area contributed by atoms with Crippen LogP contribution in [0.4, 0.5) is 4.39 Å². The second-order valence-corrected chi connectivity index (χ2v) is 6.48. The summed E-state index contributed by atoms with van der Waals surface area (Å²) in [6, 6.07) is 6.84. The van der Waals surface area contributed by atoms with Crippen molar-refractivity contribution in [1.82, 2.24) is 9.88 Å². The largest absolute Gasteiger partial charge is 0.332 e. The summed E-state index contributed by atoms with van der Waals surface area (Å²) in [6.07, 6.45) is 5.24. The Morgan fingerprint density at radius 1 is 1.45 bits per heavy atom. The molecule has 1 aliphatic carbocycles. The Balaban J connectivity index is 1.72. The van der Waals surface area contributed by atoms with Crippen molar-refractivity contribution in [3.8, 4) is 0 Å². The molecule has 5 heteroatoms. The van der Waals surface area contributed by atoms with Crippen molar-refractivity contribution >= 4 is 23.3 Å². The van der Waals surface area contributed by atoms with E-state index in [0.717, 1.165) is 23.5 Å². The first kappa shape index (κ1) is 14.9. The molecule has 3 nitrogen and oxygen atoms in total. The van der Waals surface area contributed by atoms with Crippen LogP contribution in [0.3, 0.4) is 0 Å². The summed E-state index contributed by atoms with van der Waals surface area (Å²) in [4.78, 5) is 18.5. The third-order valence-corrected chi connectivity index (χ3v) is 4.39. The summed E-state index contributed by atoms with van der Waals surface area (Å²) in [5.74, 6) is -0.350. The van der Waals surface area contributed by atoms with Gasteiger partial charge in [0.25, 0.3) is 0 Å². The maximum Gasteiger partial charge on any atom is 0.247 e. The molecule has 0 atom stereocenters. The van der Waals surface area contributed by atoms with Gasteiger partial charge in [-0.25, -0.2) is 9.37 Å². The molecule has 0 bridgehead atoms. The molecule has 0 radical (unpaired) electrons. The van der Waals surface area contributed by atoms with E-state index in [-0.39, 0.29) is 17.8 Å². The highest BCUT2D eigenvalue weighted by Crippen LogP contribution is 2.29. The van der Waals surface area contributed by atoms with Crippen LogP contribution in [0.15, 0.2) is 35.7 Å². The molecule has 1 heterocycles. The molecule has 1 fully saturated rings. The van der Waals surface area contributed by atoms with Gasteiger partial charge in [-0.15, -0.1) is 11.3 Å². The lowest BCUT2D eigenvalue weighted by Gasteiger charge is -2.21. The van der Waals surface area contributed by atoms with Crippen molar-refractivity contribution in [3.05, 3.63) is 57.8 Å². The standard InChI is InChI=1S/C17H17FN2OS/c1-12-19-14(11-22-12)6-9-17(21)20(15-7-8-15)10-13-4-2-3-5-16(13)18/h2-6,9,11,15H,7-8,10H2,1H3/b9-6-. The average Bonchev–Trinajstić information content (AvgIpc) is 3.26. The fourth-order valence-corrected chi connectivity index (χ4v) is 2.87. The van der Waals surface area contributed by atoms with Crippen molar-refractivity contribution in [2.75, 3.05) is 0 Å². The molecule has 0 N–H and O–H groups in total. The number of amides is 1. The van der Waals surface area contributed by atoms with E-state index in [2.05, 4.69) is 4.98 Å². The van der Waals surface area contributed by atoms with Crippen molar-refractivity contribution < 1.29 is 9.18 Å².